The van der Waals surface area contributed by atoms with Crippen molar-refractivity contribution < 1.29 is 14.3 Å². The van der Waals surface area contributed by atoms with Gasteiger partial charge < -0.3 is 14.8 Å². The Balaban J connectivity index is 2.06. The van der Waals surface area contributed by atoms with Gasteiger partial charge in [-0.1, -0.05) is 17.7 Å². The van der Waals surface area contributed by atoms with Crippen LogP contribution in [-0.4, -0.2) is 16.1 Å². The number of carboxylic acid groups (broad SMARTS) is 1. The summed E-state index contributed by atoms with van der Waals surface area (Å²) in [5, 5.41) is 12.4. The van der Waals surface area contributed by atoms with Gasteiger partial charge in [0.2, 0.25) is 5.89 Å². The van der Waals surface area contributed by atoms with E-state index in [0.717, 1.165) is 17.5 Å². The first kappa shape index (κ1) is 12.4. The number of nitrogens with one attached hydrogen (secondary N) is 1. The lowest BCUT2D eigenvalue weighted by molar-refractivity contribution is 0.0690. The van der Waals surface area contributed by atoms with Gasteiger partial charge in [-0.3, -0.25) is 0 Å². The first-order valence-electron chi connectivity index (χ1n) is 5.24. The first-order valence-corrected chi connectivity index (χ1v) is 5.62. The van der Waals surface area contributed by atoms with E-state index in [1.807, 2.05) is 13.0 Å². The molecule has 0 aliphatic heterocycles. The second kappa shape index (κ2) is 5.10. The third kappa shape index (κ3) is 2.81. The lowest BCUT2D eigenvalue weighted by Gasteiger charge is -2.07. The highest BCUT2D eigenvalue weighted by Gasteiger charge is 2.10. The minimum atomic E-state index is -1.11. The fraction of sp³-hybridized carbons (Fsp3) is 0.167. The van der Waals surface area contributed by atoms with Crippen LogP contribution >= 0.6 is 11.6 Å². The van der Waals surface area contributed by atoms with Gasteiger partial charge in [0.05, 0.1) is 6.54 Å². The van der Waals surface area contributed by atoms with Crippen molar-refractivity contribution in [1.82, 2.24) is 4.98 Å². The summed E-state index contributed by atoms with van der Waals surface area (Å²) in [5.74, 6) is -0.796. The van der Waals surface area contributed by atoms with Gasteiger partial charge in [0.1, 0.15) is 6.26 Å². The van der Waals surface area contributed by atoms with Crippen molar-refractivity contribution in [3.63, 3.8) is 0 Å². The number of carbonyl (C=O) groups is 1. The maximum absolute atomic E-state index is 10.6. The van der Waals surface area contributed by atoms with Crippen LogP contribution in [0.2, 0.25) is 5.02 Å². The van der Waals surface area contributed by atoms with Crippen molar-refractivity contribution in [2.75, 3.05) is 5.32 Å². The van der Waals surface area contributed by atoms with Crippen molar-refractivity contribution >= 4 is 23.3 Å². The van der Waals surface area contributed by atoms with Crippen molar-refractivity contribution in [3.05, 3.63) is 46.6 Å². The highest BCUT2D eigenvalue weighted by Crippen LogP contribution is 2.20. The summed E-state index contributed by atoms with van der Waals surface area (Å²) in [7, 11) is 0. The van der Waals surface area contributed by atoms with E-state index >= 15 is 0 Å². The lowest BCUT2D eigenvalue weighted by Crippen LogP contribution is -2.02. The Labute approximate surface area is 108 Å². The fourth-order valence-corrected chi connectivity index (χ4v) is 1.62. The number of anilines is 1. The molecule has 0 spiro atoms. The summed E-state index contributed by atoms with van der Waals surface area (Å²) in [5.41, 5.74) is 1.79. The standard InChI is InChI=1S/C12H11ClN2O3/c1-7-2-3-8(13)4-9(7)14-5-11-15-10(6-18-11)12(16)17/h2-4,6,14H,5H2,1H3,(H,16,17). The molecule has 0 radical (unpaired) electrons. The lowest BCUT2D eigenvalue weighted by atomic mass is 10.2. The number of hydrogen-bond acceptors (Lipinski definition) is 4. The van der Waals surface area contributed by atoms with E-state index in [0.29, 0.717) is 17.5 Å². The van der Waals surface area contributed by atoms with E-state index in [1.54, 1.807) is 12.1 Å². The van der Waals surface area contributed by atoms with Crippen molar-refractivity contribution in [3.8, 4) is 0 Å². The van der Waals surface area contributed by atoms with Gasteiger partial charge >= 0.3 is 5.97 Å². The van der Waals surface area contributed by atoms with E-state index in [2.05, 4.69) is 10.3 Å². The number of aromatic carboxylic acids is 1. The second-order valence-electron chi connectivity index (χ2n) is 3.74. The number of oxazole rings is 1. The molecule has 2 aromatic rings. The average Bonchev–Trinajstić information content (AvgIpc) is 2.79. The zero-order valence-electron chi connectivity index (χ0n) is 9.61. The number of rotatable bonds is 4. The van der Waals surface area contributed by atoms with Crippen LogP contribution in [0.1, 0.15) is 21.9 Å². The summed E-state index contributed by atoms with van der Waals surface area (Å²) in [6.45, 7) is 2.24. The Hall–Kier alpha value is -2.01. The van der Waals surface area contributed by atoms with Crippen LogP contribution in [0.25, 0.3) is 0 Å². The topological polar surface area (TPSA) is 75.4 Å². The molecule has 18 heavy (non-hydrogen) atoms. The summed E-state index contributed by atoms with van der Waals surface area (Å²) < 4.78 is 5.03. The average molecular weight is 267 g/mol. The molecule has 0 amide bonds. The number of carboxylic acids is 1. The fourth-order valence-electron chi connectivity index (χ4n) is 1.45. The van der Waals surface area contributed by atoms with Gasteiger partial charge in [0.25, 0.3) is 0 Å². The van der Waals surface area contributed by atoms with E-state index in [9.17, 15) is 4.79 Å². The molecule has 2 N–H and O–H groups in total. The Morgan fingerprint density at radius 2 is 2.33 bits per heavy atom. The predicted octanol–water partition coefficient (Wildman–Crippen LogP) is 2.95. The number of aromatic nitrogens is 1. The molecule has 0 saturated carbocycles. The molecule has 1 heterocycles. The maximum Gasteiger partial charge on any atom is 0.357 e. The third-order valence-electron chi connectivity index (χ3n) is 2.40. The quantitative estimate of drug-likeness (QED) is 0.890. The Morgan fingerprint density at radius 1 is 1.56 bits per heavy atom. The van der Waals surface area contributed by atoms with Crippen molar-refractivity contribution in [1.29, 1.82) is 0 Å². The Bertz CT molecular complexity index is 580. The van der Waals surface area contributed by atoms with Crippen LogP contribution in [0.3, 0.4) is 0 Å². The zero-order valence-corrected chi connectivity index (χ0v) is 10.4. The zero-order chi connectivity index (χ0) is 13.1. The molecule has 0 aliphatic rings. The molecular formula is C12H11ClN2O3. The molecule has 0 atom stereocenters. The van der Waals surface area contributed by atoms with E-state index < -0.39 is 5.97 Å². The smallest absolute Gasteiger partial charge is 0.357 e. The van der Waals surface area contributed by atoms with Gasteiger partial charge in [0, 0.05) is 10.7 Å². The van der Waals surface area contributed by atoms with Crippen LogP contribution in [0.15, 0.2) is 28.9 Å². The summed E-state index contributed by atoms with van der Waals surface area (Å²) in [6.07, 6.45) is 1.12. The molecule has 0 saturated heterocycles. The van der Waals surface area contributed by atoms with Crippen LogP contribution < -0.4 is 5.32 Å². The normalized spacial score (nSPS) is 10.3. The van der Waals surface area contributed by atoms with Crippen molar-refractivity contribution in [2.45, 2.75) is 13.5 Å². The molecule has 94 valence electrons. The molecular weight excluding hydrogens is 256 g/mol. The monoisotopic (exact) mass is 266 g/mol. The molecule has 0 aliphatic carbocycles. The summed E-state index contributed by atoms with van der Waals surface area (Å²) >= 11 is 5.89. The van der Waals surface area contributed by atoms with Crippen molar-refractivity contribution in [2.24, 2.45) is 0 Å². The number of nitrogens with zero attached hydrogens (tertiary/aromatic N) is 1. The Kier molecular flexibility index (Phi) is 3.53. The van der Waals surface area contributed by atoms with E-state index in [1.165, 1.54) is 0 Å². The minimum Gasteiger partial charge on any atom is -0.476 e. The van der Waals surface area contributed by atoms with Gasteiger partial charge in [-0.25, -0.2) is 9.78 Å². The number of hydrogen-bond donors (Lipinski definition) is 2. The maximum atomic E-state index is 10.6. The van der Waals surface area contributed by atoms with Gasteiger partial charge in [-0.15, -0.1) is 0 Å². The highest BCUT2D eigenvalue weighted by molar-refractivity contribution is 6.30. The van der Waals surface area contributed by atoms with Crippen LogP contribution in [0, 0.1) is 6.92 Å². The number of aryl methyl sites for hydroxylation is 1. The molecule has 6 heteroatoms. The molecule has 2 rings (SSSR count). The number of halogens is 1. The van der Waals surface area contributed by atoms with Crippen LogP contribution in [0.4, 0.5) is 5.69 Å². The molecule has 1 aromatic carbocycles. The second-order valence-corrected chi connectivity index (χ2v) is 4.18. The SMILES string of the molecule is Cc1ccc(Cl)cc1NCc1nc(C(=O)O)co1. The molecule has 0 bridgehead atoms. The van der Waals surface area contributed by atoms with E-state index in [-0.39, 0.29) is 5.69 Å². The van der Waals surface area contributed by atoms with Gasteiger partial charge in [-0.05, 0) is 24.6 Å². The first-order chi connectivity index (χ1) is 8.56. The highest BCUT2D eigenvalue weighted by atomic mass is 35.5. The van der Waals surface area contributed by atoms with Gasteiger partial charge in [0.15, 0.2) is 5.69 Å². The molecule has 5 nitrogen and oxygen atoms in total. The van der Waals surface area contributed by atoms with Crippen LogP contribution in [-0.2, 0) is 6.54 Å². The third-order valence-corrected chi connectivity index (χ3v) is 2.64. The van der Waals surface area contributed by atoms with Gasteiger partial charge in [-0.2, -0.15) is 0 Å². The van der Waals surface area contributed by atoms with E-state index in [4.69, 9.17) is 21.1 Å². The largest absolute Gasteiger partial charge is 0.476 e. The minimum absolute atomic E-state index is 0.102. The Morgan fingerprint density at radius 3 is 3.00 bits per heavy atom. The molecule has 0 unspecified atom stereocenters. The number of benzene rings is 1. The van der Waals surface area contributed by atoms with Crippen LogP contribution in [0.5, 0.6) is 0 Å². The predicted molar refractivity (Wildman–Crippen MR) is 67.0 cm³/mol. The summed E-state index contributed by atoms with van der Waals surface area (Å²) in [4.78, 5) is 14.4. The summed E-state index contributed by atoms with van der Waals surface area (Å²) in [6, 6.07) is 5.48. The molecule has 0 fully saturated rings. The molecule has 1 aromatic heterocycles.